The average Bonchev–Trinajstić information content (AvgIpc) is 2.63. The molecule has 0 fully saturated rings. The lowest BCUT2D eigenvalue weighted by molar-refractivity contribution is -0.116. The lowest BCUT2D eigenvalue weighted by Gasteiger charge is -2.22. The van der Waals surface area contributed by atoms with Gasteiger partial charge in [0.2, 0.25) is 5.91 Å². The molecule has 5 nitrogen and oxygen atoms in total. The predicted octanol–water partition coefficient (Wildman–Crippen LogP) is 1.04. The van der Waals surface area contributed by atoms with Crippen molar-refractivity contribution in [2.45, 2.75) is 13.8 Å². The van der Waals surface area contributed by atoms with E-state index in [1.165, 1.54) is 0 Å². The van der Waals surface area contributed by atoms with E-state index >= 15 is 0 Å². The van der Waals surface area contributed by atoms with Crippen molar-refractivity contribution in [2.24, 2.45) is 11.7 Å². The highest BCUT2D eigenvalue weighted by molar-refractivity contribution is 5.79. The minimum absolute atomic E-state index is 0.0873. The van der Waals surface area contributed by atoms with E-state index in [1.54, 1.807) is 17.0 Å². The molecule has 0 atom stereocenters. The van der Waals surface area contributed by atoms with Crippen LogP contribution in [0.1, 0.15) is 24.4 Å². The van der Waals surface area contributed by atoms with Crippen LogP contribution in [-0.4, -0.2) is 25.3 Å². The van der Waals surface area contributed by atoms with Crippen molar-refractivity contribution < 1.29 is 14.0 Å². The minimum Gasteiger partial charge on any atom is -0.438 e. The number of furan rings is 1. The van der Waals surface area contributed by atoms with Gasteiger partial charge in [-0.25, -0.2) is 0 Å². The highest BCUT2D eigenvalue weighted by Crippen LogP contribution is 2.18. The summed E-state index contributed by atoms with van der Waals surface area (Å²) in [5, 5.41) is 0. The summed E-state index contributed by atoms with van der Waals surface area (Å²) in [7, 11) is 0. The summed E-state index contributed by atoms with van der Waals surface area (Å²) in [5.74, 6) is 0.677. The number of carbonyl (C=O) groups excluding carboxylic acids is 2. The first-order chi connectivity index (χ1) is 7.52. The molecule has 16 heavy (non-hydrogen) atoms. The first kappa shape index (κ1) is 12.3. The van der Waals surface area contributed by atoms with Gasteiger partial charge in [-0.2, -0.15) is 0 Å². The summed E-state index contributed by atoms with van der Waals surface area (Å²) in [5.41, 5.74) is 5.15. The van der Waals surface area contributed by atoms with Crippen molar-refractivity contribution in [3.63, 3.8) is 0 Å². The SMILES string of the molecule is CC(C)CN(CC(N)=O)c1ccc(C=O)o1. The molecule has 0 aliphatic heterocycles. The Morgan fingerprint density at radius 3 is 2.69 bits per heavy atom. The number of carbonyl (C=O) groups is 2. The lowest BCUT2D eigenvalue weighted by atomic mass is 10.2. The van der Waals surface area contributed by atoms with Gasteiger partial charge in [-0.1, -0.05) is 13.8 Å². The maximum absolute atomic E-state index is 10.9. The molecule has 5 heteroatoms. The Labute approximate surface area is 94.2 Å². The topological polar surface area (TPSA) is 76.5 Å². The Hall–Kier alpha value is -1.78. The molecule has 0 aliphatic carbocycles. The number of nitrogens with zero attached hydrogens (tertiary/aromatic N) is 1. The predicted molar refractivity (Wildman–Crippen MR) is 60.3 cm³/mol. The van der Waals surface area contributed by atoms with Crippen LogP contribution in [0.4, 0.5) is 5.88 Å². The van der Waals surface area contributed by atoms with E-state index in [2.05, 4.69) is 0 Å². The zero-order valence-corrected chi connectivity index (χ0v) is 9.47. The van der Waals surface area contributed by atoms with Crippen molar-refractivity contribution in [1.82, 2.24) is 0 Å². The number of hydrogen-bond acceptors (Lipinski definition) is 4. The summed E-state index contributed by atoms with van der Waals surface area (Å²) < 4.78 is 5.25. The first-order valence-corrected chi connectivity index (χ1v) is 5.11. The van der Waals surface area contributed by atoms with Crippen LogP contribution in [0.25, 0.3) is 0 Å². The fourth-order valence-electron chi connectivity index (χ4n) is 1.44. The van der Waals surface area contributed by atoms with Gasteiger partial charge >= 0.3 is 0 Å². The normalized spacial score (nSPS) is 10.4. The maximum Gasteiger partial charge on any atom is 0.237 e. The van der Waals surface area contributed by atoms with Gasteiger partial charge in [-0.05, 0) is 12.0 Å². The molecule has 0 aromatic carbocycles. The maximum atomic E-state index is 10.9. The Bertz CT molecular complexity index is 371. The second kappa shape index (κ2) is 5.34. The zero-order valence-electron chi connectivity index (χ0n) is 9.47. The number of anilines is 1. The molecule has 0 aliphatic rings. The number of aldehydes is 1. The van der Waals surface area contributed by atoms with Gasteiger partial charge in [0, 0.05) is 12.6 Å². The second-order valence-corrected chi connectivity index (χ2v) is 4.03. The Morgan fingerprint density at radius 2 is 2.25 bits per heavy atom. The standard InChI is InChI=1S/C11H16N2O3/c1-8(2)5-13(6-10(12)15)11-4-3-9(7-14)16-11/h3-4,7-8H,5-6H2,1-2H3,(H2,12,15). The molecule has 2 N–H and O–H groups in total. The van der Waals surface area contributed by atoms with Crippen molar-refractivity contribution in [3.8, 4) is 0 Å². The molecular weight excluding hydrogens is 208 g/mol. The molecule has 1 amide bonds. The zero-order chi connectivity index (χ0) is 12.1. The molecule has 1 aromatic heterocycles. The van der Waals surface area contributed by atoms with Crippen LogP contribution in [0.5, 0.6) is 0 Å². The van der Waals surface area contributed by atoms with E-state index < -0.39 is 5.91 Å². The molecule has 0 unspecified atom stereocenters. The number of primary amides is 1. The summed E-state index contributed by atoms with van der Waals surface area (Å²) >= 11 is 0. The van der Waals surface area contributed by atoms with Gasteiger partial charge in [0.1, 0.15) is 0 Å². The van der Waals surface area contributed by atoms with E-state index in [4.69, 9.17) is 10.2 Å². The summed E-state index contributed by atoms with van der Waals surface area (Å²) in [4.78, 5) is 23.1. The smallest absolute Gasteiger partial charge is 0.237 e. The van der Waals surface area contributed by atoms with Crippen LogP contribution >= 0.6 is 0 Å². The summed E-state index contributed by atoms with van der Waals surface area (Å²) in [6.07, 6.45) is 0.626. The van der Waals surface area contributed by atoms with E-state index in [-0.39, 0.29) is 12.3 Å². The third-order valence-electron chi connectivity index (χ3n) is 1.97. The third kappa shape index (κ3) is 3.42. The number of rotatable bonds is 6. The molecule has 0 spiro atoms. The molecular formula is C11H16N2O3. The van der Waals surface area contributed by atoms with Gasteiger partial charge in [0.05, 0.1) is 6.54 Å². The van der Waals surface area contributed by atoms with Gasteiger partial charge in [-0.15, -0.1) is 0 Å². The van der Waals surface area contributed by atoms with E-state index in [9.17, 15) is 9.59 Å². The first-order valence-electron chi connectivity index (χ1n) is 5.11. The number of nitrogens with two attached hydrogens (primary N) is 1. The molecule has 1 aromatic rings. The Balaban J connectivity index is 2.81. The highest BCUT2D eigenvalue weighted by Gasteiger charge is 2.14. The lowest BCUT2D eigenvalue weighted by Crippen LogP contribution is -2.36. The van der Waals surface area contributed by atoms with E-state index in [0.29, 0.717) is 24.6 Å². The molecule has 88 valence electrons. The van der Waals surface area contributed by atoms with E-state index in [1.807, 2.05) is 13.8 Å². The molecule has 0 bridgehead atoms. The third-order valence-corrected chi connectivity index (χ3v) is 1.97. The van der Waals surface area contributed by atoms with Crippen LogP contribution in [0.15, 0.2) is 16.5 Å². The summed E-state index contributed by atoms with van der Waals surface area (Å²) in [6, 6.07) is 3.23. The molecule has 1 rings (SSSR count). The van der Waals surface area contributed by atoms with Gasteiger partial charge in [0.15, 0.2) is 17.9 Å². The van der Waals surface area contributed by atoms with Gasteiger partial charge < -0.3 is 15.1 Å². The van der Waals surface area contributed by atoms with Gasteiger partial charge in [-0.3, -0.25) is 9.59 Å². The summed E-state index contributed by atoms with van der Waals surface area (Å²) in [6.45, 7) is 4.79. The van der Waals surface area contributed by atoms with Gasteiger partial charge in [0.25, 0.3) is 0 Å². The monoisotopic (exact) mass is 224 g/mol. The Kier molecular flexibility index (Phi) is 4.10. The highest BCUT2D eigenvalue weighted by atomic mass is 16.4. The fourth-order valence-corrected chi connectivity index (χ4v) is 1.44. The van der Waals surface area contributed by atoms with Crippen LogP contribution in [0, 0.1) is 5.92 Å². The molecule has 0 radical (unpaired) electrons. The molecule has 0 saturated heterocycles. The van der Waals surface area contributed by atoms with Crippen molar-refractivity contribution in [3.05, 3.63) is 17.9 Å². The molecule has 1 heterocycles. The molecule has 0 saturated carbocycles. The Morgan fingerprint density at radius 1 is 1.56 bits per heavy atom. The van der Waals surface area contributed by atoms with Crippen LogP contribution in [0.2, 0.25) is 0 Å². The fraction of sp³-hybridized carbons (Fsp3) is 0.455. The number of amides is 1. The van der Waals surface area contributed by atoms with Crippen molar-refractivity contribution in [1.29, 1.82) is 0 Å². The second-order valence-electron chi connectivity index (χ2n) is 4.03. The van der Waals surface area contributed by atoms with Crippen LogP contribution in [-0.2, 0) is 4.79 Å². The van der Waals surface area contributed by atoms with Crippen molar-refractivity contribution in [2.75, 3.05) is 18.0 Å². The number of hydrogen-bond donors (Lipinski definition) is 1. The largest absolute Gasteiger partial charge is 0.438 e. The quantitative estimate of drug-likeness (QED) is 0.732. The van der Waals surface area contributed by atoms with Crippen LogP contribution in [0.3, 0.4) is 0 Å². The van der Waals surface area contributed by atoms with E-state index in [0.717, 1.165) is 0 Å². The minimum atomic E-state index is -0.426. The van der Waals surface area contributed by atoms with Crippen molar-refractivity contribution >= 4 is 18.1 Å². The van der Waals surface area contributed by atoms with Crippen LogP contribution < -0.4 is 10.6 Å². The average molecular weight is 224 g/mol.